The number of benzene rings is 2. The number of hydrogen-bond acceptors (Lipinski definition) is 4. The van der Waals surface area contributed by atoms with E-state index in [1.165, 1.54) is 0 Å². The maximum absolute atomic E-state index is 13.6. The van der Waals surface area contributed by atoms with Crippen LogP contribution in [0.25, 0.3) is 0 Å². The molecule has 0 amide bonds. The van der Waals surface area contributed by atoms with Crippen LogP contribution < -0.4 is 0 Å². The molecule has 0 N–H and O–H groups in total. The molecule has 0 saturated carbocycles. The Bertz CT molecular complexity index is 935. The molecule has 2 aromatic rings. The highest BCUT2D eigenvalue weighted by Gasteiger charge is 2.39. The fourth-order valence-electron chi connectivity index (χ4n) is 3.66. The van der Waals surface area contributed by atoms with E-state index < -0.39 is 23.4 Å². The van der Waals surface area contributed by atoms with Gasteiger partial charge in [0.25, 0.3) is 0 Å². The fourth-order valence-corrected chi connectivity index (χ4v) is 7.95. The van der Waals surface area contributed by atoms with Gasteiger partial charge in [0.1, 0.15) is 0 Å². The van der Waals surface area contributed by atoms with E-state index >= 15 is 0 Å². The molecule has 0 radical (unpaired) electrons. The van der Waals surface area contributed by atoms with Crippen LogP contribution in [0.15, 0.2) is 81.4 Å². The van der Waals surface area contributed by atoms with Gasteiger partial charge in [-0.2, -0.15) is 0 Å². The van der Waals surface area contributed by atoms with Gasteiger partial charge in [-0.1, -0.05) is 61.2 Å². The SMILES string of the molecule is C[C@H]1[C@H](S(=O)(=O)c2ccccc2)C=C(Sc2ccccc2)CC[C@H]1O[Si](C)(C)C. The van der Waals surface area contributed by atoms with Crippen LogP contribution in [0.5, 0.6) is 0 Å². The molecule has 0 saturated heterocycles. The van der Waals surface area contributed by atoms with Crippen LogP contribution in [-0.2, 0) is 14.3 Å². The normalized spacial score (nSPS) is 23.3. The molecule has 3 nitrogen and oxygen atoms in total. The molecular weight excluding hydrogens is 416 g/mol. The molecule has 3 rings (SSSR count). The summed E-state index contributed by atoms with van der Waals surface area (Å²) < 4.78 is 33.6. The Morgan fingerprint density at radius 3 is 2.14 bits per heavy atom. The van der Waals surface area contributed by atoms with Crippen molar-refractivity contribution >= 4 is 29.9 Å². The van der Waals surface area contributed by atoms with Gasteiger partial charge >= 0.3 is 0 Å². The zero-order valence-corrected chi connectivity index (χ0v) is 20.2. The third kappa shape index (κ3) is 5.84. The van der Waals surface area contributed by atoms with Crippen molar-refractivity contribution < 1.29 is 12.8 Å². The summed E-state index contributed by atoms with van der Waals surface area (Å²) in [7, 11) is -5.30. The van der Waals surface area contributed by atoms with Crippen molar-refractivity contribution in [2.24, 2.45) is 5.92 Å². The summed E-state index contributed by atoms with van der Waals surface area (Å²) in [6.45, 7) is 8.53. The Morgan fingerprint density at radius 1 is 0.966 bits per heavy atom. The summed E-state index contributed by atoms with van der Waals surface area (Å²) in [5, 5.41) is -0.597. The van der Waals surface area contributed by atoms with Crippen molar-refractivity contribution in [1.29, 1.82) is 0 Å². The van der Waals surface area contributed by atoms with E-state index in [9.17, 15) is 8.42 Å². The predicted octanol–water partition coefficient (Wildman–Crippen LogP) is 6.16. The molecule has 1 aliphatic rings. The molecule has 0 fully saturated rings. The second kappa shape index (κ2) is 9.21. The van der Waals surface area contributed by atoms with Crippen molar-refractivity contribution in [3.63, 3.8) is 0 Å². The van der Waals surface area contributed by atoms with Crippen LogP contribution in [0.4, 0.5) is 0 Å². The van der Waals surface area contributed by atoms with Crippen LogP contribution >= 0.6 is 11.8 Å². The quantitative estimate of drug-likeness (QED) is 0.499. The molecule has 0 aromatic heterocycles. The lowest BCUT2D eigenvalue weighted by molar-refractivity contribution is 0.131. The molecular formula is C23H30O3S2Si. The topological polar surface area (TPSA) is 43.4 Å². The summed E-state index contributed by atoms with van der Waals surface area (Å²) in [6.07, 6.45) is 3.60. The molecule has 0 spiro atoms. The first-order valence-electron chi connectivity index (χ1n) is 10.1. The van der Waals surface area contributed by atoms with Crippen LogP contribution in [0.3, 0.4) is 0 Å². The number of allylic oxidation sites excluding steroid dienone is 1. The van der Waals surface area contributed by atoms with Gasteiger partial charge in [0.15, 0.2) is 18.2 Å². The van der Waals surface area contributed by atoms with Gasteiger partial charge in [-0.05, 0) is 61.7 Å². The largest absolute Gasteiger partial charge is 0.414 e. The van der Waals surface area contributed by atoms with E-state index in [1.54, 1.807) is 36.0 Å². The minimum absolute atomic E-state index is 0.0599. The minimum atomic E-state index is -3.50. The van der Waals surface area contributed by atoms with E-state index in [4.69, 9.17) is 4.43 Å². The van der Waals surface area contributed by atoms with Gasteiger partial charge in [0.2, 0.25) is 0 Å². The lowest BCUT2D eigenvalue weighted by Gasteiger charge is -2.32. The molecule has 2 aromatic carbocycles. The molecule has 1 aliphatic carbocycles. The smallest absolute Gasteiger partial charge is 0.185 e. The van der Waals surface area contributed by atoms with E-state index in [0.29, 0.717) is 4.90 Å². The highest BCUT2D eigenvalue weighted by Crippen LogP contribution is 2.39. The summed E-state index contributed by atoms with van der Waals surface area (Å²) in [6, 6.07) is 19.0. The van der Waals surface area contributed by atoms with Crippen molar-refractivity contribution in [2.75, 3.05) is 0 Å². The lowest BCUT2D eigenvalue weighted by atomic mass is 10.00. The van der Waals surface area contributed by atoms with Gasteiger partial charge in [-0.15, -0.1) is 0 Å². The highest BCUT2D eigenvalue weighted by molar-refractivity contribution is 8.03. The molecule has 0 heterocycles. The average molecular weight is 447 g/mol. The van der Waals surface area contributed by atoms with E-state index in [2.05, 4.69) is 31.8 Å². The summed E-state index contributed by atoms with van der Waals surface area (Å²) in [5.41, 5.74) is 0. The van der Waals surface area contributed by atoms with Crippen LogP contribution in [0.2, 0.25) is 19.6 Å². The number of rotatable bonds is 6. The number of sulfone groups is 1. The molecule has 0 aliphatic heterocycles. The van der Waals surface area contributed by atoms with Gasteiger partial charge in [0.05, 0.1) is 10.1 Å². The monoisotopic (exact) mass is 446 g/mol. The third-order valence-electron chi connectivity index (χ3n) is 5.06. The summed E-state index contributed by atoms with van der Waals surface area (Å²) in [4.78, 5) is 2.62. The van der Waals surface area contributed by atoms with E-state index in [0.717, 1.165) is 22.6 Å². The second-order valence-corrected chi connectivity index (χ2v) is 16.3. The maximum Gasteiger partial charge on any atom is 0.185 e. The van der Waals surface area contributed by atoms with Gasteiger partial charge in [-0.3, -0.25) is 0 Å². The Labute approximate surface area is 180 Å². The summed E-state index contributed by atoms with van der Waals surface area (Å²) in [5.74, 6) is -0.110. The van der Waals surface area contributed by atoms with Crippen LogP contribution in [-0.4, -0.2) is 28.1 Å². The predicted molar refractivity (Wildman–Crippen MR) is 124 cm³/mol. The third-order valence-corrected chi connectivity index (χ3v) is 9.39. The summed E-state index contributed by atoms with van der Waals surface area (Å²) >= 11 is 1.67. The molecule has 0 unspecified atom stereocenters. The first-order valence-corrected chi connectivity index (χ1v) is 15.8. The minimum Gasteiger partial charge on any atom is -0.414 e. The maximum atomic E-state index is 13.6. The van der Waals surface area contributed by atoms with Crippen LogP contribution in [0, 0.1) is 5.92 Å². The molecule has 0 bridgehead atoms. The average Bonchev–Trinajstić information content (AvgIpc) is 2.82. The van der Waals surface area contributed by atoms with Crippen molar-refractivity contribution in [2.45, 2.75) is 60.6 Å². The zero-order valence-electron chi connectivity index (χ0n) is 17.5. The van der Waals surface area contributed by atoms with Gasteiger partial charge in [0, 0.05) is 16.9 Å². The van der Waals surface area contributed by atoms with Crippen molar-refractivity contribution in [3.8, 4) is 0 Å². The van der Waals surface area contributed by atoms with E-state index in [-0.39, 0.29) is 12.0 Å². The van der Waals surface area contributed by atoms with Gasteiger partial charge in [-0.25, -0.2) is 8.42 Å². The molecule has 29 heavy (non-hydrogen) atoms. The number of thioether (sulfide) groups is 1. The highest BCUT2D eigenvalue weighted by atomic mass is 32.2. The molecule has 3 atom stereocenters. The second-order valence-electron chi connectivity index (χ2n) is 8.54. The Balaban J connectivity index is 1.99. The Kier molecular flexibility index (Phi) is 7.09. The standard InChI is InChI=1S/C23H30O3S2Si/c1-18-22(26-29(2,3)4)16-15-20(27-19-11-7-5-8-12-19)17-23(18)28(24,25)21-13-9-6-10-14-21/h5-14,17-18,22-23H,15-16H2,1-4H3/t18-,22-,23-/m1/s1. The van der Waals surface area contributed by atoms with E-state index in [1.807, 2.05) is 37.3 Å². The van der Waals surface area contributed by atoms with Gasteiger partial charge < -0.3 is 4.43 Å². The van der Waals surface area contributed by atoms with Crippen molar-refractivity contribution in [3.05, 3.63) is 71.6 Å². The van der Waals surface area contributed by atoms with Crippen molar-refractivity contribution in [1.82, 2.24) is 0 Å². The first-order chi connectivity index (χ1) is 13.7. The molecule has 6 heteroatoms. The Hall–Kier alpha value is -1.34. The fraction of sp³-hybridized carbons (Fsp3) is 0.391. The zero-order chi connectivity index (χ0) is 21.1. The molecule has 156 valence electrons. The lowest BCUT2D eigenvalue weighted by Crippen LogP contribution is -2.40. The number of hydrogen-bond donors (Lipinski definition) is 0. The first kappa shape index (κ1) is 22.3. The van der Waals surface area contributed by atoms with Crippen LogP contribution in [0.1, 0.15) is 19.8 Å². The Morgan fingerprint density at radius 2 is 1.55 bits per heavy atom.